The van der Waals surface area contributed by atoms with Crippen LogP contribution in [0.25, 0.3) is 0 Å². The maximum absolute atomic E-state index is 12.3. The molecule has 1 aliphatic heterocycles. The third-order valence-electron chi connectivity index (χ3n) is 4.26. The summed E-state index contributed by atoms with van der Waals surface area (Å²) in [7, 11) is 2.10. The van der Waals surface area contributed by atoms with Gasteiger partial charge in [-0.15, -0.1) is 0 Å². The highest BCUT2D eigenvalue weighted by molar-refractivity contribution is 5.89. The molecule has 23 heavy (non-hydrogen) atoms. The van der Waals surface area contributed by atoms with Crippen molar-refractivity contribution >= 4 is 11.7 Å². The van der Waals surface area contributed by atoms with Crippen LogP contribution in [0.15, 0.2) is 48.7 Å². The van der Waals surface area contributed by atoms with Gasteiger partial charge in [-0.3, -0.25) is 9.88 Å². The summed E-state index contributed by atoms with van der Waals surface area (Å²) in [5, 5.41) is 6.00. The SMILES string of the molecule is Cc1cc(NC(=O)N[C@@H]2CCN(C)[C@H]2c2ccccc2)ccn1. The summed E-state index contributed by atoms with van der Waals surface area (Å²) in [5.41, 5.74) is 2.88. The van der Waals surface area contributed by atoms with E-state index in [1.807, 2.05) is 31.2 Å². The molecule has 2 aromatic rings. The maximum Gasteiger partial charge on any atom is 0.319 e. The summed E-state index contributed by atoms with van der Waals surface area (Å²) in [6.07, 6.45) is 2.64. The van der Waals surface area contributed by atoms with Crippen LogP contribution in [0.5, 0.6) is 0 Å². The van der Waals surface area contributed by atoms with Crippen molar-refractivity contribution in [2.45, 2.75) is 25.4 Å². The van der Waals surface area contributed by atoms with Crippen LogP contribution >= 0.6 is 0 Å². The van der Waals surface area contributed by atoms with Crippen LogP contribution in [0, 0.1) is 6.92 Å². The minimum absolute atomic E-state index is 0.102. The minimum atomic E-state index is -0.170. The van der Waals surface area contributed by atoms with Crippen LogP contribution < -0.4 is 10.6 Å². The predicted molar refractivity (Wildman–Crippen MR) is 91.3 cm³/mol. The Morgan fingerprint density at radius 2 is 2.04 bits per heavy atom. The Labute approximate surface area is 136 Å². The molecule has 1 aromatic heterocycles. The first-order valence-corrected chi connectivity index (χ1v) is 7.89. The van der Waals surface area contributed by atoms with Crippen molar-refractivity contribution in [1.29, 1.82) is 0 Å². The molecule has 120 valence electrons. The summed E-state index contributed by atoms with van der Waals surface area (Å²) in [6, 6.07) is 14.1. The van der Waals surface area contributed by atoms with Gasteiger partial charge in [-0.1, -0.05) is 30.3 Å². The lowest BCUT2D eigenvalue weighted by molar-refractivity contribution is 0.240. The highest BCUT2D eigenvalue weighted by atomic mass is 16.2. The normalized spacial score (nSPS) is 21.1. The van der Waals surface area contributed by atoms with E-state index in [1.165, 1.54) is 5.56 Å². The summed E-state index contributed by atoms with van der Waals surface area (Å²) < 4.78 is 0. The molecule has 2 N–H and O–H groups in total. The number of likely N-dealkylation sites (N-methyl/N-ethyl adjacent to an activating group) is 1. The van der Waals surface area contributed by atoms with Crippen molar-refractivity contribution in [3.8, 4) is 0 Å². The van der Waals surface area contributed by atoms with Gasteiger partial charge in [0.25, 0.3) is 0 Å². The standard InChI is InChI=1S/C18H22N4O/c1-13-12-15(8-10-19-13)20-18(23)21-16-9-11-22(2)17(16)14-6-4-3-5-7-14/h3-8,10,12,16-17H,9,11H2,1-2H3,(H2,19,20,21,23)/t16-,17+/m1/s1. The van der Waals surface area contributed by atoms with Crippen LogP contribution in [-0.2, 0) is 0 Å². The van der Waals surface area contributed by atoms with E-state index in [2.05, 4.69) is 39.7 Å². The first-order valence-electron chi connectivity index (χ1n) is 7.89. The van der Waals surface area contributed by atoms with Crippen LogP contribution in [0.3, 0.4) is 0 Å². The second-order valence-electron chi connectivity index (χ2n) is 6.02. The Kier molecular flexibility index (Phi) is 4.57. The fraction of sp³-hybridized carbons (Fsp3) is 0.333. The lowest BCUT2D eigenvalue weighted by Gasteiger charge is -2.26. The number of hydrogen-bond acceptors (Lipinski definition) is 3. The number of nitrogens with one attached hydrogen (secondary N) is 2. The highest BCUT2D eigenvalue weighted by Crippen LogP contribution is 2.30. The second kappa shape index (κ2) is 6.79. The van der Waals surface area contributed by atoms with E-state index in [4.69, 9.17) is 0 Å². The van der Waals surface area contributed by atoms with Gasteiger partial charge in [0.05, 0.1) is 12.1 Å². The molecular formula is C18H22N4O. The number of benzene rings is 1. The van der Waals surface area contributed by atoms with E-state index < -0.39 is 0 Å². The summed E-state index contributed by atoms with van der Waals surface area (Å²) in [6.45, 7) is 2.87. The molecule has 1 saturated heterocycles. The number of hydrogen-bond donors (Lipinski definition) is 2. The first-order chi connectivity index (χ1) is 11.1. The van der Waals surface area contributed by atoms with E-state index in [9.17, 15) is 4.79 Å². The van der Waals surface area contributed by atoms with Gasteiger partial charge in [0.2, 0.25) is 0 Å². The second-order valence-corrected chi connectivity index (χ2v) is 6.02. The molecule has 2 heterocycles. The number of likely N-dealkylation sites (tertiary alicyclic amines) is 1. The molecule has 0 bridgehead atoms. The zero-order valence-electron chi connectivity index (χ0n) is 13.5. The molecule has 1 fully saturated rings. The first kappa shape index (κ1) is 15.5. The number of carbonyl (C=O) groups is 1. The molecule has 2 atom stereocenters. The van der Waals surface area contributed by atoms with Gasteiger partial charge >= 0.3 is 6.03 Å². The lowest BCUT2D eigenvalue weighted by Crippen LogP contribution is -2.41. The number of urea groups is 1. The number of pyridine rings is 1. The van der Waals surface area contributed by atoms with Gasteiger partial charge < -0.3 is 10.6 Å². The maximum atomic E-state index is 12.3. The van der Waals surface area contributed by atoms with Crippen LogP contribution in [-0.4, -0.2) is 35.5 Å². The summed E-state index contributed by atoms with van der Waals surface area (Å²) in [4.78, 5) is 18.7. The van der Waals surface area contributed by atoms with Gasteiger partial charge in [0, 0.05) is 24.1 Å². The molecular weight excluding hydrogens is 288 g/mol. The van der Waals surface area contributed by atoms with E-state index in [0.29, 0.717) is 0 Å². The van der Waals surface area contributed by atoms with Gasteiger partial charge in [-0.05, 0) is 38.1 Å². The van der Waals surface area contributed by atoms with Gasteiger partial charge in [-0.25, -0.2) is 4.79 Å². The minimum Gasteiger partial charge on any atom is -0.333 e. The zero-order valence-corrected chi connectivity index (χ0v) is 13.5. The van der Waals surface area contributed by atoms with Crippen LogP contribution in [0.1, 0.15) is 23.7 Å². The average molecular weight is 310 g/mol. The fourth-order valence-corrected chi connectivity index (χ4v) is 3.19. The number of aryl methyl sites for hydroxylation is 1. The van der Waals surface area contributed by atoms with Gasteiger partial charge in [0.1, 0.15) is 0 Å². The van der Waals surface area contributed by atoms with E-state index in [-0.39, 0.29) is 18.1 Å². The number of anilines is 1. The Hall–Kier alpha value is -2.40. The quantitative estimate of drug-likeness (QED) is 0.916. The number of carbonyl (C=O) groups excluding carboxylic acids is 1. The third-order valence-corrected chi connectivity index (χ3v) is 4.26. The van der Waals surface area contributed by atoms with E-state index >= 15 is 0 Å². The molecule has 2 amide bonds. The molecule has 0 spiro atoms. The lowest BCUT2D eigenvalue weighted by atomic mass is 10.0. The molecule has 5 nitrogen and oxygen atoms in total. The van der Waals surface area contributed by atoms with Crippen molar-refractivity contribution in [2.75, 3.05) is 18.9 Å². The summed E-state index contributed by atoms with van der Waals surface area (Å²) >= 11 is 0. The molecule has 1 aliphatic rings. The molecule has 0 aliphatic carbocycles. The number of aromatic nitrogens is 1. The van der Waals surface area contributed by atoms with E-state index in [1.54, 1.807) is 12.3 Å². The molecule has 3 rings (SSSR count). The topological polar surface area (TPSA) is 57.3 Å². The van der Waals surface area contributed by atoms with Gasteiger partial charge in [-0.2, -0.15) is 0 Å². The molecule has 0 saturated carbocycles. The summed E-state index contributed by atoms with van der Waals surface area (Å²) in [5.74, 6) is 0. The monoisotopic (exact) mass is 310 g/mol. The molecule has 0 unspecified atom stereocenters. The fourth-order valence-electron chi connectivity index (χ4n) is 3.19. The molecule has 1 aromatic carbocycles. The predicted octanol–water partition coefficient (Wildman–Crippen LogP) is 2.96. The van der Waals surface area contributed by atoms with Crippen molar-refractivity contribution < 1.29 is 4.79 Å². The zero-order chi connectivity index (χ0) is 16.2. The molecule has 5 heteroatoms. The number of nitrogens with zero attached hydrogens (tertiary/aromatic N) is 2. The Morgan fingerprint density at radius 3 is 2.78 bits per heavy atom. The Balaban J connectivity index is 1.67. The van der Waals surface area contributed by atoms with E-state index in [0.717, 1.165) is 24.3 Å². The van der Waals surface area contributed by atoms with Crippen molar-refractivity contribution in [2.24, 2.45) is 0 Å². The molecule has 0 radical (unpaired) electrons. The highest BCUT2D eigenvalue weighted by Gasteiger charge is 2.33. The Morgan fingerprint density at radius 1 is 1.26 bits per heavy atom. The van der Waals surface area contributed by atoms with Crippen molar-refractivity contribution in [3.63, 3.8) is 0 Å². The van der Waals surface area contributed by atoms with Crippen molar-refractivity contribution in [3.05, 3.63) is 59.9 Å². The number of rotatable bonds is 3. The largest absolute Gasteiger partial charge is 0.333 e. The third kappa shape index (κ3) is 3.68. The van der Waals surface area contributed by atoms with Crippen LogP contribution in [0.2, 0.25) is 0 Å². The smallest absolute Gasteiger partial charge is 0.319 e. The average Bonchev–Trinajstić information content (AvgIpc) is 2.88. The van der Waals surface area contributed by atoms with Crippen molar-refractivity contribution in [1.82, 2.24) is 15.2 Å². The Bertz CT molecular complexity index is 674. The number of amides is 2. The van der Waals surface area contributed by atoms with Gasteiger partial charge in [0.15, 0.2) is 0 Å². The van der Waals surface area contributed by atoms with Crippen LogP contribution in [0.4, 0.5) is 10.5 Å².